The van der Waals surface area contributed by atoms with Crippen LogP contribution in [-0.2, 0) is 14.8 Å². The maximum atomic E-state index is 14.0. The van der Waals surface area contributed by atoms with E-state index < -0.39 is 28.0 Å². The number of carboxylic acids is 1. The summed E-state index contributed by atoms with van der Waals surface area (Å²) in [6.45, 7) is 15.6. The molecule has 1 aliphatic carbocycles. The third-order valence-electron chi connectivity index (χ3n) is 7.52. The lowest BCUT2D eigenvalue weighted by atomic mass is 9.62. The molecule has 0 bridgehead atoms. The number of sulfonamides is 1. The normalized spacial score (nSPS) is 23.4. The lowest BCUT2D eigenvalue weighted by Gasteiger charge is -2.52. The highest BCUT2D eigenvalue weighted by atomic mass is 32.2. The molecule has 0 aromatic heterocycles. The van der Waals surface area contributed by atoms with Crippen LogP contribution in [0.4, 0.5) is 5.69 Å². The van der Waals surface area contributed by atoms with Gasteiger partial charge in [0.1, 0.15) is 0 Å². The SMILES string of the molecule is Cc1ccc(S(=O)(=O)N(c2c(C)c(C)c(C)c(C)c2C)C2C(C)C(C(=O)O)C2C)cc1. The lowest BCUT2D eigenvalue weighted by molar-refractivity contribution is -0.152. The summed E-state index contributed by atoms with van der Waals surface area (Å²) in [5.41, 5.74) is 6.81. The van der Waals surface area contributed by atoms with Gasteiger partial charge >= 0.3 is 5.97 Å². The molecule has 168 valence electrons. The number of rotatable bonds is 5. The summed E-state index contributed by atoms with van der Waals surface area (Å²) in [6.07, 6.45) is 0. The quantitative estimate of drug-likeness (QED) is 0.699. The molecule has 3 rings (SSSR count). The van der Waals surface area contributed by atoms with E-state index in [1.165, 1.54) is 4.31 Å². The van der Waals surface area contributed by atoms with Crippen LogP contribution < -0.4 is 4.31 Å². The van der Waals surface area contributed by atoms with Gasteiger partial charge in [-0.15, -0.1) is 0 Å². The minimum atomic E-state index is -3.90. The van der Waals surface area contributed by atoms with Gasteiger partial charge in [-0.05, 0) is 93.3 Å². The Hall–Kier alpha value is -2.34. The molecule has 0 radical (unpaired) electrons. The number of hydrogen-bond acceptors (Lipinski definition) is 3. The van der Waals surface area contributed by atoms with Crippen LogP contribution in [0.2, 0.25) is 0 Å². The molecule has 1 fully saturated rings. The largest absolute Gasteiger partial charge is 0.481 e. The van der Waals surface area contributed by atoms with Gasteiger partial charge in [0.05, 0.1) is 22.5 Å². The fourth-order valence-corrected chi connectivity index (χ4v) is 7.10. The second kappa shape index (κ2) is 7.97. The summed E-state index contributed by atoms with van der Waals surface area (Å²) < 4.78 is 29.6. The third-order valence-corrected chi connectivity index (χ3v) is 9.34. The average Bonchev–Trinajstić information content (AvgIpc) is 2.70. The zero-order chi connectivity index (χ0) is 23.4. The molecule has 0 aliphatic heterocycles. The zero-order valence-corrected chi connectivity index (χ0v) is 20.5. The van der Waals surface area contributed by atoms with E-state index in [9.17, 15) is 18.3 Å². The molecule has 0 spiro atoms. The van der Waals surface area contributed by atoms with Crippen molar-refractivity contribution >= 4 is 21.7 Å². The van der Waals surface area contributed by atoms with Crippen molar-refractivity contribution in [3.05, 3.63) is 57.6 Å². The zero-order valence-electron chi connectivity index (χ0n) is 19.6. The van der Waals surface area contributed by atoms with Crippen LogP contribution in [0.25, 0.3) is 0 Å². The fourth-order valence-electron chi connectivity index (χ4n) is 5.18. The number of hydrogen-bond donors (Lipinski definition) is 1. The molecule has 31 heavy (non-hydrogen) atoms. The number of carbonyl (C=O) groups is 1. The van der Waals surface area contributed by atoms with Crippen molar-refractivity contribution < 1.29 is 18.3 Å². The molecule has 0 saturated heterocycles. The predicted octanol–water partition coefficient (Wildman–Crippen LogP) is 5.09. The topological polar surface area (TPSA) is 74.7 Å². The Labute approximate surface area is 186 Å². The van der Waals surface area contributed by atoms with E-state index in [4.69, 9.17) is 0 Å². The molecule has 5 nitrogen and oxygen atoms in total. The molecule has 2 unspecified atom stereocenters. The van der Waals surface area contributed by atoms with Gasteiger partial charge in [-0.3, -0.25) is 9.10 Å². The van der Waals surface area contributed by atoms with Crippen LogP contribution in [0.15, 0.2) is 29.2 Å². The average molecular weight is 444 g/mol. The first-order valence-corrected chi connectivity index (χ1v) is 12.2. The van der Waals surface area contributed by atoms with Crippen LogP contribution in [0, 0.1) is 59.3 Å². The monoisotopic (exact) mass is 443 g/mol. The number of aryl methyl sites for hydroxylation is 1. The van der Waals surface area contributed by atoms with E-state index in [1.54, 1.807) is 24.3 Å². The molecule has 1 saturated carbocycles. The maximum absolute atomic E-state index is 14.0. The van der Waals surface area contributed by atoms with E-state index >= 15 is 0 Å². The van der Waals surface area contributed by atoms with Crippen LogP contribution in [0.5, 0.6) is 0 Å². The van der Waals surface area contributed by atoms with Gasteiger partial charge in [-0.1, -0.05) is 31.5 Å². The first kappa shape index (κ1) is 23.3. The second-order valence-electron chi connectivity index (χ2n) is 9.16. The van der Waals surface area contributed by atoms with Gasteiger partial charge in [0, 0.05) is 0 Å². The van der Waals surface area contributed by atoms with Crippen molar-refractivity contribution in [2.45, 2.75) is 66.3 Å². The number of aliphatic carboxylic acids is 1. The highest BCUT2D eigenvalue weighted by Crippen LogP contribution is 2.49. The van der Waals surface area contributed by atoms with E-state index in [0.29, 0.717) is 5.69 Å². The summed E-state index contributed by atoms with van der Waals surface area (Å²) in [5.74, 6) is -2.02. The Bertz CT molecular complexity index is 1100. The van der Waals surface area contributed by atoms with Gasteiger partial charge < -0.3 is 5.11 Å². The Morgan fingerprint density at radius 2 is 1.23 bits per heavy atom. The van der Waals surface area contributed by atoms with Gasteiger partial charge in [-0.25, -0.2) is 8.42 Å². The first-order chi connectivity index (χ1) is 14.3. The fraction of sp³-hybridized carbons (Fsp3) is 0.480. The van der Waals surface area contributed by atoms with E-state index in [2.05, 4.69) is 6.92 Å². The molecule has 0 heterocycles. The predicted molar refractivity (Wildman–Crippen MR) is 124 cm³/mol. The second-order valence-corrected chi connectivity index (χ2v) is 11.0. The van der Waals surface area contributed by atoms with Crippen LogP contribution in [0.1, 0.15) is 47.2 Å². The van der Waals surface area contributed by atoms with Crippen molar-refractivity contribution in [2.75, 3.05) is 4.31 Å². The highest BCUT2D eigenvalue weighted by Gasteiger charge is 2.55. The lowest BCUT2D eigenvalue weighted by Crippen LogP contribution is -2.62. The molecule has 2 aromatic carbocycles. The van der Waals surface area contributed by atoms with Crippen molar-refractivity contribution in [1.82, 2.24) is 0 Å². The Balaban J connectivity index is 2.30. The number of carboxylic acid groups (broad SMARTS) is 1. The molecule has 1 N–H and O–H groups in total. The number of nitrogens with zero attached hydrogens (tertiary/aromatic N) is 1. The van der Waals surface area contributed by atoms with Crippen LogP contribution >= 0.6 is 0 Å². The Kier molecular flexibility index (Phi) is 6.00. The van der Waals surface area contributed by atoms with Gasteiger partial charge in [-0.2, -0.15) is 0 Å². The molecule has 2 aromatic rings. The highest BCUT2D eigenvalue weighted by molar-refractivity contribution is 7.92. The van der Waals surface area contributed by atoms with Crippen molar-refractivity contribution in [3.8, 4) is 0 Å². The van der Waals surface area contributed by atoms with Crippen molar-refractivity contribution in [1.29, 1.82) is 0 Å². The summed E-state index contributed by atoms with van der Waals surface area (Å²) in [7, 11) is -3.90. The van der Waals surface area contributed by atoms with Crippen molar-refractivity contribution in [3.63, 3.8) is 0 Å². The summed E-state index contributed by atoms with van der Waals surface area (Å²) in [4.78, 5) is 12.0. The maximum Gasteiger partial charge on any atom is 0.307 e. The smallest absolute Gasteiger partial charge is 0.307 e. The first-order valence-electron chi connectivity index (χ1n) is 10.7. The summed E-state index contributed by atoms with van der Waals surface area (Å²) in [6, 6.07) is 6.44. The standard InChI is InChI=1S/C25H33NO4S/c1-13-9-11-21(12-10-13)31(29,30)26(24-19(7)22(20(24)8)25(27)28)23-17(5)15(3)14(2)16(4)18(23)6/h9-12,19-20,22,24H,1-8H3,(H,27,28). The number of anilines is 1. The number of benzene rings is 2. The third kappa shape index (κ3) is 3.55. The van der Waals surface area contributed by atoms with E-state index in [0.717, 1.165) is 33.4 Å². The summed E-state index contributed by atoms with van der Waals surface area (Å²) >= 11 is 0. The van der Waals surface area contributed by atoms with Gasteiger partial charge in [0.15, 0.2) is 0 Å². The molecular weight excluding hydrogens is 410 g/mol. The molecule has 2 atom stereocenters. The van der Waals surface area contributed by atoms with E-state index in [1.807, 2.05) is 48.5 Å². The minimum Gasteiger partial charge on any atom is -0.481 e. The summed E-state index contributed by atoms with van der Waals surface area (Å²) in [5, 5.41) is 9.66. The van der Waals surface area contributed by atoms with Crippen LogP contribution in [0.3, 0.4) is 0 Å². The molecule has 6 heteroatoms. The Morgan fingerprint density at radius 3 is 1.65 bits per heavy atom. The molecule has 0 amide bonds. The van der Waals surface area contributed by atoms with Gasteiger partial charge in [0.25, 0.3) is 10.0 Å². The van der Waals surface area contributed by atoms with Crippen LogP contribution in [-0.4, -0.2) is 25.5 Å². The molecule has 1 aliphatic rings. The Morgan fingerprint density at radius 1 is 0.806 bits per heavy atom. The van der Waals surface area contributed by atoms with E-state index in [-0.39, 0.29) is 16.7 Å². The van der Waals surface area contributed by atoms with Gasteiger partial charge in [0.2, 0.25) is 0 Å². The van der Waals surface area contributed by atoms with Crippen molar-refractivity contribution in [2.24, 2.45) is 17.8 Å². The minimum absolute atomic E-state index is 0.228. The molecular formula is C25H33NO4S.